The second-order valence-electron chi connectivity index (χ2n) is 5.17. The number of aliphatic hydroxyl groups is 1. The van der Waals surface area contributed by atoms with E-state index in [0.717, 1.165) is 12.1 Å². The Morgan fingerprint density at radius 2 is 1.77 bits per heavy atom. The third-order valence-electron chi connectivity index (χ3n) is 3.93. The van der Waals surface area contributed by atoms with E-state index in [2.05, 4.69) is 5.32 Å². The van der Waals surface area contributed by atoms with Crippen molar-refractivity contribution in [2.24, 2.45) is 0 Å². The highest BCUT2D eigenvalue weighted by atomic mass is 19.1. The molecule has 0 aliphatic carbocycles. The van der Waals surface area contributed by atoms with E-state index in [-0.39, 0.29) is 0 Å². The second kappa shape index (κ2) is 5.06. The summed E-state index contributed by atoms with van der Waals surface area (Å²) in [4.78, 5) is 14.0. The van der Waals surface area contributed by atoms with E-state index in [4.69, 9.17) is 0 Å². The minimum Gasteiger partial charge on any atom is -0.393 e. The molecule has 0 bridgehead atoms. The number of rotatable bonds is 3. The lowest BCUT2D eigenvalue weighted by Crippen LogP contribution is -2.48. The summed E-state index contributed by atoms with van der Waals surface area (Å²) in [5.41, 5.74) is -0.970. The molecular formula is C16H14F2N2O2. The molecule has 0 spiro atoms. The monoisotopic (exact) mass is 304 g/mol. The number of aliphatic hydroxyl groups excluding tert-OH is 1. The Kier molecular flexibility index (Phi) is 3.33. The molecule has 4 nitrogen and oxygen atoms in total. The van der Waals surface area contributed by atoms with Crippen molar-refractivity contribution in [1.82, 2.24) is 0 Å². The predicted molar refractivity (Wildman–Crippen MR) is 78.6 cm³/mol. The summed E-state index contributed by atoms with van der Waals surface area (Å²) in [5.74, 6) is -2.13. The highest BCUT2D eigenvalue weighted by Gasteiger charge is 2.50. The van der Waals surface area contributed by atoms with Gasteiger partial charge >= 0.3 is 0 Å². The lowest BCUT2D eigenvalue weighted by molar-refractivity contribution is -0.123. The number of anilines is 2. The van der Waals surface area contributed by atoms with Crippen LogP contribution in [0.2, 0.25) is 0 Å². The summed E-state index contributed by atoms with van der Waals surface area (Å²) >= 11 is 0. The Hall–Kier alpha value is -2.47. The molecule has 3 rings (SSSR count). The lowest BCUT2D eigenvalue weighted by Gasteiger charge is -2.28. The molecule has 6 heteroatoms. The first-order valence-corrected chi connectivity index (χ1v) is 6.72. The van der Waals surface area contributed by atoms with E-state index in [1.165, 1.54) is 11.0 Å². The third-order valence-corrected chi connectivity index (χ3v) is 3.93. The van der Waals surface area contributed by atoms with Gasteiger partial charge in [-0.05, 0) is 18.2 Å². The van der Waals surface area contributed by atoms with Crippen LogP contribution in [0.1, 0.15) is 5.56 Å². The van der Waals surface area contributed by atoms with Crippen LogP contribution in [0.25, 0.3) is 0 Å². The summed E-state index contributed by atoms with van der Waals surface area (Å²) in [5, 5.41) is 12.4. The normalized spacial score (nSPS) is 20.2. The molecule has 0 fully saturated rings. The van der Waals surface area contributed by atoms with Crippen molar-refractivity contribution in [2.75, 3.05) is 23.9 Å². The Labute approximate surface area is 126 Å². The number of para-hydroxylation sites is 2. The fourth-order valence-corrected chi connectivity index (χ4v) is 2.78. The zero-order chi connectivity index (χ0) is 15.9. The SMILES string of the molecule is CN1C(=O)C(CO)(Nc2c(F)cccc2F)c2ccccc21. The number of hydrogen-bond acceptors (Lipinski definition) is 3. The fourth-order valence-electron chi connectivity index (χ4n) is 2.78. The number of likely N-dealkylation sites (N-methyl/N-ethyl adjacent to an activating group) is 1. The van der Waals surface area contributed by atoms with Crippen molar-refractivity contribution in [3.63, 3.8) is 0 Å². The van der Waals surface area contributed by atoms with Crippen LogP contribution in [-0.2, 0) is 10.3 Å². The van der Waals surface area contributed by atoms with Gasteiger partial charge < -0.3 is 15.3 Å². The molecule has 0 radical (unpaired) electrons. The maximum Gasteiger partial charge on any atom is 0.259 e. The highest BCUT2D eigenvalue weighted by molar-refractivity contribution is 6.09. The van der Waals surface area contributed by atoms with Gasteiger partial charge in [0.1, 0.15) is 17.3 Å². The Morgan fingerprint density at radius 1 is 1.14 bits per heavy atom. The molecule has 1 atom stereocenters. The Bertz CT molecular complexity index is 730. The molecule has 2 aromatic carbocycles. The van der Waals surface area contributed by atoms with Gasteiger partial charge in [0.2, 0.25) is 0 Å². The van der Waals surface area contributed by atoms with E-state index in [1.807, 2.05) is 0 Å². The van der Waals surface area contributed by atoms with Gasteiger partial charge in [0.05, 0.1) is 6.61 Å². The summed E-state index contributed by atoms with van der Waals surface area (Å²) in [6, 6.07) is 10.2. The van der Waals surface area contributed by atoms with Crippen LogP contribution in [0.5, 0.6) is 0 Å². The average Bonchev–Trinajstić information content (AvgIpc) is 2.74. The molecule has 1 aliphatic heterocycles. The van der Waals surface area contributed by atoms with Crippen LogP contribution in [-0.4, -0.2) is 24.7 Å². The van der Waals surface area contributed by atoms with Crippen LogP contribution >= 0.6 is 0 Å². The topological polar surface area (TPSA) is 52.6 Å². The molecule has 22 heavy (non-hydrogen) atoms. The first kappa shape index (κ1) is 14.5. The van der Waals surface area contributed by atoms with Gasteiger partial charge in [-0.3, -0.25) is 4.79 Å². The third kappa shape index (κ3) is 1.88. The number of benzene rings is 2. The van der Waals surface area contributed by atoms with Crippen molar-refractivity contribution in [3.05, 3.63) is 59.7 Å². The van der Waals surface area contributed by atoms with Crippen molar-refractivity contribution >= 4 is 17.3 Å². The summed E-state index contributed by atoms with van der Waals surface area (Å²) < 4.78 is 27.8. The Balaban J connectivity index is 2.16. The van der Waals surface area contributed by atoms with Gasteiger partial charge in [0.25, 0.3) is 5.91 Å². The second-order valence-corrected chi connectivity index (χ2v) is 5.17. The van der Waals surface area contributed by atoms with E-state index >= 15 is 0 Å². The summed E-state index contributed by atoms with van der Waals surface area (Å²) in [6.45, 7) is -0.624. The largest absolute Gasteiger partial charge is 0.393 e. The quantitative estimate of drug-likeness (QED) is 0.914. The van der Waals surface area contributed by atoms with Crippen molar-refractivity contribution < 1.29 is 18.7 Å². The van der Waals surface area contributed by atoms with Crippen LogP contribution in [0, 0.1) is 11.6 Å². The standard InChI is InChI=1S/C16H14F2N2O2/c1-20-13-8-3-2-5-10(13)16(9-21,15(20)22)19-14-11(17)6-4-7-12(14)18/h2-8,19,21H,9H2,1H3. The van der Waals surface area contributed by atoms with Gasteiger partial charge in [0, 0.05) is 18.3 Å². The molecule has 0 saturated heterocycles. The van der Waals surface area contributed by atoms with Crippen LogP contribution in [0.4, 0.5) is 20.2 Å². The molecule has 2 N–H and O–H groups in total. The molecule has 0 saturated carbocycles. The Morgan fingerprint density at radius 3 is 2.41 bits per heavy atom. The molecular weight excluding hydrogens is 290 g/mol. The summed E-state index contributed by atoms with van der Waals surface area (Å²) in [6.07, 6.45) is 0. The van der Waals surface area contributed by atoms with Crippen LogP contribution in [0.3, 0.4) is 0 Å². The first-order valence-electron chi connectivity index (χ1n) is 6.72. The maximum absolute atomic E-state index is 13.9. The first-order chi connectivity index (χ1) is 10.5. The number of nitrogens with zero attached hydrogens (tertiary/aromatic N) is 1. The van der Waals surface area contributed by atoms with Gasteiger partial charge in [-0.25, -0.2) is 8.78 Å². The number of carbonyl (C=O) groups excluding carboxylic acids is 1. The van der Waals surface area contributed by atoms with Crippen molar-refractivity contribution in [1.29, 1.82) is 0 Å². The zero-order valence-corrected chi connectivity index (χ0v) is 11.8. The molecule has 1 heterocycles. The zero-order valence-electron chi connectivity index (χ0n) is 11.8. The molecule has 0 aromatic heterocycles. The van der Waals surface area contributed by atoms with E-state index in [1.54, 1.807) is 31.3 Å². The minimum atomic E-state index is -1.60. The predicted octanol–water partition coefficient (Wildman–Crippen LogP) is 2.24. The number of nitrogens with one attached hydrogen (secondary N) is 1. The van der Waals surface area contributed by atoms with E-state index < -0.39 is 35.4 Å². The number of fused-ring (bicyclic) bond motifs is 1. The van der Waals surface area contributed by atoms with Gasteiger partial charge in [-0.1, -0.05) is 24.3 Å². The van der Waals surface area contributed by atoms with Gasteiger partial charge in [-0.15, -0.1) is 0 Å². The fraction of sp³-hybridized carbons (Fsp3) is 0.188. The maximum atomic E-state index is 13.9. The molecule has 1 aliphatic rings. The summed E-state index contributed by atoms with van der Waals surface area (Å²) in [7, 11) is 1.55. The number of carbonyl (C=O) groups is 1. The van der Waals surface area contributed by atoms with Crippen molar-refractivity contribution in [3.8, 4) is 0 Å². The minimum absolute atomic E-state index is 0.435. The van der Waals surface area contributed by atoms with E-state index in [9.17, 15) is 18.7 Å². The number of amides is 1. The van der Waals surface area contributed by atoms with Crippen LogP contribution < -0.4 is 10.2 Å². The van der Waals surface area contributed by atoms with Crippen LogP contribution in [0.15, 0.2) is 42.5 Å². The molecule has 114 valence electrons. The average molecular weight is 304 g/mol. The molecule has 1 amide bonds. The van der Waals surface area contributed by atoms with E-state index in [0.29, 0.717) is 11.3 Å². The highest BCUT2D eigenvalue weighted by Crippen LogP contribution is 2.42. The number of hydrogen-bond donors (Lipinski definition) is 2. The smallest absolute Gasteiger partial charge is 0.259 e. The molecule has 2 aromatic rings. The van der Waals surface area contributed by atoms with Gasteiger partial charge in [0.15, 0.2) is 5.54 Å². The van der Waals surface area contributed by atoms with Crippen molar-refractivity contribution in [2.45, 2.75) is 5.54 Å². The number of halogens is 2. The lowest BCUT2D eigenvalue weighted by atomic mass is 9.91. The van der Waals surface area contributed by atoms with Gasteiger partial charge in [-0.2, -0.15) is 0 Å². The molecule has 1 unspecified atom stereocenters.